The number of nitrogens with one attached hydrogen (secondary N) is 1. The molecule has 0 aliphatic carbocycles. The molecule has 0 aliphatic rings. The second kappa shape index (κ2) is 7.46. The van der Waals surface area contributed by atoms with Crippen LogP contribution in [0, 0.1) is 0 Å². The molecule has 2 nitrogen and oxygen atoms in total. The number of hydrogen-bond acceptors (Lipinski definition) is 2. The zero-order valence-corrected chi connectivity index (χ0v) is 13.7. The third kappa shape index (κ3) is 3.84. The van der Waals surface area contributed by atoms with E-state index in [9.17, 15) is 0 Å². The Morgan fingerprint density at radius 3 is 2.45 bits per heavy atom. The van der Waals surface area contributed by atoms with E-state index in [1.54, 1.807) is 0 Å². The predicted molar refractivity (Wildman–Crippen MR) is 90.1 cm³/mol. The minimum atomic E-state index is 0.898. The van der Waals surface area contributed by atoms with Gasteiger partial charge in [-0.05, 0) is 43.3 Å². The standard InChI is InChI=1S/C17H21BrN2/c1-3-20(16-7-5-4-6-8-16)13-15-10-9-14(12-19-2)11-17(15)18/h4-11,19H,3,12-13H2,1-2H3. The topological polar surface area (TPSA) is 15.3 Å². The Kier molecular flexibility index (Phi) is 5.62. The summed E-state index contributed by atoms with van der Waals surface area (Å²) in [5, 5.41) is 3.18. The Labute approximate surface area is 129 Å². The highest BCUT2D eigenvalue weighted by Crippen LogP contribution is 2.23. The van der Waals surface area contributed by atoms with E-state index < -0.39 is 0 Å². The molecule has 0 heterocycles. The summed E-state index contributed by atoms with van der Waals surface area (Å²) >= 11 is 3.69. The van der Waals surface area contributed by atoms with Crippen molar-refractivity contribution in [3.8, 4) is 0 Å². The van der Waals surface area contributed by atoms with Crippen molar-refractivity contribution in [2.45, 2.75) is 20.0 Å². The van der Waals surface area contributed by atoms with E-state index in [-0.39, 0.29) is 0 Å². The third-order valence-corrected chi connectivity index (χ3v) is 4.10. The Morgan fingerprint density at radius 1 is 1.10 bits per heavy atom. The molecule has 0 saturated heterocycles. The van der Waals surface area contributed by atoms with E-state index in [1.807, 2.05) is 7.05 Å². The Hall–Kier alpha value is -1.32. The highest BCUT2D eigenvalue weighted by atomic mass is 79.9. The summed E-state index contributed by atoms with van der Waals surface area (Å²) in [6.45, 7) is 5.00. The maximum atomic E-state index is 3.69. The highest BCUT2D eigenvalue weighted by molar-refractivity contribution is 9.10. The van der Waals surface area contributed by atoms with Crippen molar-refractivity contribution in [3.63, 3.8) is 0 Å². The lowest BCUT2D eigenvalue weighted by atomic mass is 10.1. The Bertz CT molecular complexity index is 540. The van der Waals surface area contributed by atoms with E-state index in [0.717, 1.165) is 19.6 Å². The van der Waals surface area contributed by atoms with Crippen LogP contribution in [0.15, 0.2) is 53.0 Å². The molecule has 2 rings (SSSR count). The molecule has 0 amide bonds. The van der Waals surface area contributed by atoms with Crippen molar-refractivity contribution >= 4 is 21.6 Å². The molecule has 2 aromatic rings. The molecule has 0 saturated carbocycles. The van der Waals surface area contributed by atoms with Gasteiger partial charge in [-0.25, -0.2) is 0 Å². The number of para-hydroxylation sites is 1. The maximum absolute atomic E-state index is 3.69. The first-order valence-corrected chi connectivity index (χ1v) is 7.75. The summed E-state index contributed by atoms with van der Waals surface area (Å²) in [4.78, 5) is 2.37. The molecule has 0 radical (unpaired) electrons. The first kappa shape index (κ1) is 15.1. The van der Waals surface area contributed by atoms with Gasteiger partial charge in [0.05, 0.1) is 0 Å². The molecule has 0 bridgehead atoms. The lowest BCUT2D eigenvalue weighted by Crippen LogP contribution is -2.22. The van der Waals surface area contributed by atoms with Gasteiger partial charge in [0.15, 0.2) is 0 Å². The van der Waals surface area contributed by atoms with Crippen molar-refractivity contribution in [3.05, 3.63) is 64.1 Å². The molecule has 20 heavy (non-hydrogen) atoms. The van der Waals surface area contributed by atoms with Gasteiger partial charge in [0.1, 0.15) is 0 Å². The fourth-order valence-corrected chi connectivity index (χ4v) is 2.81. The van der Waals surface area contributed by atoms with Gasteiger partial charge < -0.3 is 10.2 Å². The molecule has 0 unspecified atom stereocenters. The Morgan fingerprint density at radius 2 is 1.85 bits per heavy atom. The molecule has 0 aromatic heterocycles. The summed E-state index contributed by atoms with van der Waals surface area (Å²) in [5.41, 5.74) is 3.88. The second-order valence-corrected chi connectivity index (χ2v) is 5.66. The van der Waals surface area contributed by atoms with E-state index in [4.69, 9.17) is 0 Å². The van der Waals surface area contributed by atoms with E-state index >= 15 is 0 Å². The smallest absolute Gasteiger partial charge is 0.0440 e. The van der Waals surface area contributed by atoms with Crippen LogP contribution in [-0.2, 0) is 13.1 Å². The van der Waals surface area contributed by atoms with Crippen LogP contribution in [0.3, 0.4) is 0 Å². The third-order valence-electron chi connectivity index (χ3n) is 3.36. The van der Waals surface area contributed by atoms with Crippen LogP contribution < -0.4 is 10.2 Å². The summed E-state index contributed by atoms with van der Waals surface area (Å²) in [5.74, 6) is 0. The molecular formula is C17H21BrN2. The van der Waals surface area contributed by atoms with Gasteiger partial charge in [0, 0.05) is 29.8 Å². The number of anilines is 1. The predicted octanol–water partition coefficient (Wildman–Crippen LogP) is 4.20. The van der Waals surface area contributed by atoms with Crippen LogP contribution in [0.1, 0.15) is 18.1 Å². The fraction of sp³-hybridized carbons (Fsp3) is 0.294. The van der Waals surface area contributed by atoms with Gasteiger partial charge in [0.2, 0.25) is 0 Å². The molecule has 0 fully saturated rings. The highest BCUT2D eigenvalue weighted by Gasteiger charge is 2.08. The summed E-state index contributed by atoms with van der Waals surface area (Å²) in [6, 6.07) is 17.1. The SMILES string of the molecule is CCN(Cc1ccc(CNC)cc1Br)c1ccccc1. The number of hydrogen-bond donors (Lipinski definition) is 1. The van der Waals surface area contributed by atoms with Gasteiger partial charge in [-0.15, -0.1) is 0 Å². The van der Waals surface area contributed by atoms with Gasteiger partial charge in [-0.1, -0.05) is 46.3 Å². The monoisotopic (exact) mass is 332 g/mol. The minimum absolute atomic E-state index is 0.898. The molecular weight excluding hydrogens is 312 g/mol. The average Bonchev–Trinajstić information content (AvgIpc) is 2.48. The molecule has 3 heteroatoms. The van der Waals surface area contributed by atoms with Crippen LogP contribution in [0.5, 0.6) is 0 Å². The largest absolute Gasteiger partial charge is 0.367 e. The second-order valence-electron chi connectivity index (χ2n) is 4.81. The van der Waals surface area contributed by atoms with Crippen molar-refractivity contribution in [2.75, 3.05) is 18.5 Å². The Balaban J connectivity index is 2.16. The lowest BCUT2D eigenvalue weighted by molar-refractivity contribution is 0.809. The summed E-state index contributed by atoms with van der Waals surface area (Å²) < 4.78 is 1.18. The van der Waals surface area contributed by atoms with Gasteiger partial charge in [-0.3, -0.25) is 0 Å². The first-order chi connectivity index (χ1) is 9.74. The van der Waals surface area contributed by atoms with Crippen LogP contribution in [0.4, 0.5) is 5.69 Å². The number of rotatable bonds is 6. The molecule has 2 aromatic carbocycles. The summed E-state index contributed by atoms with van der Waals surface area (Å²) in [7, 11) is 1.97. The van der Waals surface area contributed by atoms with Gasteiger partial charge >= 0.3 is 0 Å². The normalized spacial score (nSPS) is 10.6. The average molecular weight is 333 g/mol. The zero-order valence-electron chi connectivity index (χ0n) is 12.1. The lowest BCUT2D eigenvalue weighted by Gasteiger charge is -2.24. The fourth-order valence-electron chi connectivity index (χ4n) is 2.26. The molecule has 1 N–H and O–H groups in total. The number of halogens is 1. The number of nitrogens with zero attached hydrogens (tertiary/aromatic N) is 1. The van der Waals surface area contributed by atoms with Crippen LogP contribution in [0.2, 0.25) is 0 Å². The van der Waals surface area contributed by atoms with Crippen LogP contribution in [-0.4, -0.2) is 13.6 Å². The van der Waals surface area contributed by atoms with Crippen LogP contribution in [0.25, 0.3) is 0 Å². The van der Waals surface area contributed by atoms with Gasteiger partial charge in [-0.2, -0.15) is 0 Å². The first-order valence-electron chi connectivity index (χ1n) is 6.96. The molecule has 106 valence electrons. The van der Waals surface area contributed by atoms with Crippen molar-refractivity contribution in [2.24, 2.45) is 0 Å². The van der Waals surface area contributed by atoms with E-state index in [0.29, 0.717) is 0 Å². The van der Waals surface area contributed by atoms with Crippen LogP contribution >= 0.6 is 15.9 Å². The van der Waals surface area contributed by atoms with E-state index in [1.165, 1.54) is 21.3 Å². The van der Waals surface area contributed by atoms with Gasteiger partial charge in [0.25, 0.3) is 0 Å². The zero-order chi connectivity index (χ0) is 14.4. The molecule has 0 aliphatic heterocycles. The quantitative estimate of drug-likeness (QED) is 0.852. The molecule has 0 atom stereocenters. The van der Waals surface area contributed by atoms with Crippen molar-refractivity contribution < 1.29 is 0 Å². The van der Waals surface area contributed by atoms with Crippen molar-refractivity contribution in [1.29, 1.82) is 0 Å². The van der Waals surface area contributed by atoms with Crippen molar-refractivity contribution in [1.82, 2.24) is 5.32 Å². The number of benzene rings is 2. The molecule has 0 spiro atoms. The van der Waals surface area contributed by atoms with E-state index in [2.05, 4.69) is 81.6 Å². The summed E-state index contributed by atoms with van der Waals surface area (Å²) in [6.07, 6.45) is 0. The maximum Gasteiger partial charge on any atom is 0.0440 e. The minimum Gasteiger partial charge on any atom is -0.367 e.